The third-order valence-electron chi connectivity index (χ3n) is 6.57. The quantitative estimate of drug-likeness (QED) is 0.453. The molecule has 2 aliphatic carbocycles. The molecule has 33 heavy (non-hydrogen) atoms. The highest BCUT2D eigenvalue weighted by molar-refractivity contribution is 7.99. The lowest BCUT2D eigenvalue weighted by Gasteiger charge is -2.29. The molecule has 1 saturated carbocycles. The van der Waals surface area contributed by atoms with Crippen LogP contribution in [-0.4, -0.2) is 47.0 Å². The molecule has 0 aromatic carbocycles. The molecule has 1 fully saturated rings. The molecule has 2 aromatic rings. The number of carbonyl (C=O) groups excluding carboxylic acids is 2. The number of hydrogen-bond donors (Lipinski definition) is 2. The van der Waals surface area contributed by atoms with Gasteiger partial charge in [0.1, 0.15) is 4.83 Å². The van der Waals surface area contributed by atoms with Crippen LogP contribution in [0.5, 0.6) is 0 Å². The number of fused-ring (bicyclic) bond motifs is 3. The number of nitrogens with zero attached hydrogens (tertiary/aromatic N) is 2. The molecule has 0 radical (unpaired) electrons. The number of ether oxygens (including phenoxy) is 1. The molecule has 2 heterocycles. The highest BCUT2D eigenvalue weighted by Gasteiger charge is 2.25. The van der Waals surface area contributed by atoms with Crippen molar-refractivity contribution in [2.24, 2.45) is 5.92 Å². The maximum atomic E-state index is 13.4. The van der Waals surface area contributed by atoms with Crippen molar-refractivity contribution < 1.29 is 14.3 Å². The van der Waals surface area contributed by atoms with Crippen molar-refractivity contribution in [1.82, 2.24) is 20.2 Å². The summed E-state index contributed by atoms with van der Waals surface area (Å²) in [4.78, 5) is 44.9. The van der Waals surface area contributed by atoms with Gasteiger partial charge in [-0.2, -0.15) is 0 Å². The summed E-state index contributed by atoms with van der Waals surface area (Å²) in [5.74, 6) is 0.0136. The molecular weight excluding hydrogens is 460 g/mol. The van der Waals surface area contributed by atoms with E-state index in [2.05, 4.69) is 17.6 Å². The molecule has 0 bridgehead atoms. The van der Waals surface area contributed by atoms with Gasteiger partial charge in [0.15, 0.2) is 5.16 Å². The van der Waals surface area contributed by atoms with E-state index in [4.69, 9.17) is 9.72 Å². The van der Waals surface area contributed by atoms with E-state index in [1.165, 1.54) is 23.1 Å². The van der Waals surface area contributed by atoms with E-state index in [-0.39, 0.29) is 17.4 Å². The van der Waals surface area contributed by atoms with Gasteiger partial charge in [-0.3, -0.25) is 19.5 Å². The zero-order valence-corrected chi connectivity index (χ0v) is 20.9. The van der Waals surface area contributed by atoms with E-state index in [0.717, 1.165) is 60.7 Å². The number of aryl methyl sites for hydroxylation is 2. The smallest absolute Gasteiger partial charge is 0.321 e. The summed E-state index contributed by atoms with van der Waals surface area (Å²) in [6.07, 6.45) is 8.46. The minimum atomic E-state index is -0.453. The molecule has 8 nitrogen and oxygen atoms in total. The van der Waals surface area contributed by atoms with Crippen LogP contribution in [0.15, 0.2) is 9.95 Å². The van der Waals surface area contributed by atoms with Gasteiger partial charge >= 0.3 is 6.03 Å². The Labute approximate surface area is 201 Å². The van der Waals surface area contributed by atoms with Crippen LogP contribution >= 0.6 is 23.1 Å². The Morgan fingerprint density at radius 3 is 2.79 bits per heavy atom. The van der Waals surface area contributed by atoms with E-state index in [9.17, 15) is 14.4 Å². The van der Waals surface area contributed by atoms with E-state index in [0.29, 0.717) is 24.2 Å². The molecular formula is C23H32N4O4S2. The van der Waals surface area contributed by atoms with E-state index in [1.807, 2.05) is 0 Å². The lowest BCUT2D eigenvalue weighted by molar-refractivity contribution is -0.117. The van der Waals surface area contributed by atoms with Gasteiger partial charge in [-0.15, -0.1) is 11.3 Å². The molecule has 10 heteroatoms. The van der Waals surface area contributed by atoms with Crippen LogP contribution in [0.3, 0.4) is 0 Å². The summed E-state index contributed by atoms with van der Waals surface area (Å²) in [5.41, 5.74) is 1.08. The molecule has 2 aliphatic rings. The highest BCUT2D eigenvalue weighted by atomic mass is 32.2. The Kier molecular flexibility index (Phi) is 8.08. The van der Waals surface area contributed by atoms with Crippen LogP contribution in [-0.2, 0) is 28.9 Å². The summed E-state index contributed by atoms with van der Waals surface area (Å²) >= 11 is 2.77. The van der Waals surface area contributed by atoms with E-state index in [1.54, 1.807) is 23.0 Å². The molecule has 0 spiro atoms. The molecule has 3 amide bonds. The molecule has 2 aromatic heterocycles. The number of carbonyl (C=O) groups is 2. The number of thiophene rings is 1. The average molecular weight is 493 g/mol. The van der Waals surface area contributed by atoms with Crippen molar-refractivity contribution in [3.05, 3.63) is 20.8 Å². The molecule has 0 aliphatic heterocycles. The maximum absolute atomic E-state index is 13.4. The van der Waals surface area contributed by atoms with Crippen molar-refractivity contribution in [3.63, 3.8) is 0 Å². The van der Waals surface area contributed by atoms with Crippen LogP contribution < -0.4 is 16.2 Å². The first-order valence-corrected chi connectivity index (χ1v) is 13.5. The zero-order valence-electron chi connectivity index (χ0n) is 19.3. The SMILES string of the molecule is COCCn1c(SCC(=O)NC(=O)N[C@@H]2CCCC[C@H]2C)nc2sc3c(c2c1=O)CCCC3. The van der Waals surface area contributed by atoms with Crippen LogP contribution in [0, 0.1) is 5.92 Å². The largest absolute Gasteiger partial charge is 0.383 e. The summed E-state index contributed by atoms with van der Waals surface area (Å²) < 4.78 is 6.80. The molecule has 180 valence electrons. The van der Waals surface area contributed by atoms with Crippen molar-refractivity contribution in [1.29, 1.82) is 0 Å². The molecule has 2 N–H and O–H groups in total. The van der Waals surface area contributed by atoms with Crippen LogP contribution in [0.4, 0.5) is 4.79 Å². The summed E-state index contributed by atoms with van der Waals surface area (Å²) in [6, 6.07) is -0.349. The van der Waals surface area contributed by atoms with Gasteiger partial charge in [0.2, 0.25) is 5.91 Å². The monoisotopic (exact) mass is 492 g/mol. The van der Waals surface area contributed by atoms with Crippen LogP contribution in [0.2, 0.25) is 0 Å². The fourth-order valence-corrected chi connectivity index (χ4v) is 6.87. The normalized spacial score (nSPS) is 20.4. The number of thioether (sulfide) groups is 1. The highest BCUT2D eigenvalue weighted by Crippen LogP contribution is 2.34. The number of imide groups is 1. The van der Waals surface area contributed by atoms with Gasteiger partial charge in [-0.1, -0.05) is 31.5 Å². The molecule has 0 unspecified atom stereocenters. The van der Waals surface area contributed by atoms with Gasteiger partial charge in [0.25, 0.3) is 5.56 Å². The van der Waals surface area contributed by atoms with E-state index >= 15 is 0 Å². The average Bonchev–Trinajstić information content (AvgIpc) is 3.17. The minimum Gasteiger partial charge on any atom is -0.383 e. The fraction of sp³-hybridized carbons (Fsp3) is 0.652. The zero-order chi connectivity index (χ0) is 23.4. The number of hydrogen-bond acceptors (Lipinski definition) is 7. The van der Waals surface area contributed by atoms with Crippen molar-refractivity contribution in [3.8, 4) is 0 Å². The second kappa shape index (κ2) is 11.0. The first-order chi connectivity index (χ1) is 16.0. The molecule has 4 rings (SSSR count). The number of amides is 3. The topological polar surface area (TPSA) is 102 Å². The van der Waals surface area contributed by atoms with Crippen molar-refractivity contribution >= 4 is 45.3 Å². The van der Waals surface area contributed by atoms with Gasteiger partial charge in [-0.05, 0) is 50.0 Å². The number of aromatic nitrogens is 2. The summed E-state index contributed by atoms with van der Waals surface area (Å²) in [6.45, 7) is 2.87. The first-order valence-electron chi connectivity index (χ1n) is 11.7. The number of nitrogens with one attached hydrogen (secondary N) is 2. The fourth-order valence-electron chi connectivity index (χ4n) is 4.74. The second-order valence-corrected chi connectivity index (χ2v) is 10.9. The molecule has 2 atom stereocenters. The Hall–Kier alpha value is -1.91. The summed E-state index contributed by atoms with van der Waals surface area (Å²) in [7, 11) is 1.59. The van der Waals surface area contributed by atoms with E-state index < -0.39 is 11.9 Å². The Bertz CT molecular complexity index is 1080. The lowest BCUT2D eigenvalue weighted by Crippen LogP contribution is -2.48. The Balaban J connectivity index is 1.46. The maximum Gasteiger partial charge on any atom is 0.321 e. The van der Waals surface area contributed by atoms with Gasteiger partial charge in [-0.25, -0.2) is 9.78 Å². The first kappa shape index (κ1) is 24.2. The molecule has 0 saturated heterocycles. The van der Waals surface area contributed by atoms with Crippen LogP contribution in [0.25, 0.3) is 10.2 Å². The van der Waals surface area contributed by atoms with Gasteiger partial charge < -0.3 is 10.1 Å². The number of rotatable bonds is 7. The van der Waals surface area contributed by atoms with Gasteiger partial charge in [0, 0.05) is 18.0 Å². The van der Waals surface area contributed by atoms with Crippen molar-refractivity contribution in [2.45, 2.75) is 76.0 Å². The number of urea groups is 1. The van der Waals surface area contributed by atoms with Crippen LogP contribution in [0.1, 0.15) is 55.9 Å². The standard InChI is InChI=1S/C23H32N4O4S2/c1-14-7-3-5-9-16(14)24-22(30)25-18(28)13-32-23-26-20-19(21(29)27(23)11-12-31-2)15-8-4-6-10-17(15)33-20/h14,16H,3-13H2,1-2H3,(H2,24,25,28,30)/t14-,16-/m1/s1. The van der Waals surface area contributed by atoms with Crippen molar-refractivity contribution in [2.75, 3.05) is 19.5 Å². The summed E-state index contributed by atoms with van der Waals surface area (Å²) in [5, 5.41) is 6.57. The Morgan fingerprint density at radius 2 is 2.00 bits per heavy atom. The predicted octanol–water partition coefficient (Wildman–Crippen LogP) is 3.48. The van der Waals surface area contributed by atoms with Gasteiger partial charge in [0.05, 0.1) is 24.3 Å². The second-order valence-electron chi connectivity index (χ2n) is 8.91. The third-order valence-corrected chi connectivity index (χ3v) is 8.73. The number of methoxy groups -OCH3 is 1. The predicted molar refractivity (Wildman–Crippen MR) is 131 cm³/mol. The Morgan fingerprint density at radius 1 is 1.21 bits per heavy atom. The third kappa shape index (κ3) is 5.60. The minimum absolute atomic E-state index is 0.00363. The lowest BCUT2D eigenvalue weighted by atomic mass is 9.86.